The molecule has 1 aromatic heterocycles. The number of methoxy groups -OCH3 is 1. The maximum Gasteiger partial charge on any atom is 0.327 e. The van der Waals surface area contributed by atoms with Crippen LogP contribution in [0.4, 0.5) is 0 Å². The van der Waals surface area contributed by atoms with Gasteiger partial charge in [0.1, 0.15) is 11.8 Å². The van der Waals surface area contributed by atoms with Gasteiger partial charge >= 0.3 is 5.97 Å². The highest BCUT2D eigenvalue weighted by Gasteiger charge is 2.33. The number of hydrogen-bond acceptors (Lipinski definition) is 6. The minimum absolute atomic E-state index is 0.0945. The van der Waals surface area contributed by atoms with Crippen LogP contribution in [0.15, 0.2) is 28.8 Å². The van der Waals surface area contributed by atoms with Crippen LogP contribution in [0, 0.1) is 13.8 Å². The van der Waals surface area contributed by atoms with Crippen LogP contribution in [0.5, 0.6) is 0 Å². The molecule has 1 aromatic carbocycles. The fraction of sp³-hybridized carbons (Fsp3) is 0.476. The van der Waals surface area contributed by atoms with Crippen molar-refractivity contribution in [3.05, 3.63) is 51.9 Å². The molecule has 1 aliphatic rings. The van der Waals surface area contributed by atoms with E-state index in [-0.39, 0.29) is 11.9 Å². The summed E-state index contributed by atoms with van der Waals surface area (Å²) in [7, 11) is 1.38. The molecule has 0 aliphatic carbocycles. The Morgan fingerprint density at radius 2 is 1.90 bits per heavy atom. The highest BCUT2D eigenvalue weighted by atomic mass is 35.5. The zero-order chi connectivity index (χ0) is 21.0. The molecule has 1 unspecified atom stereocenters. The van der Waals surface area contributed by atoms with E-state index >= 15 is 0 Å². The summed E-state index contributed by atoms with van der Waals surface area (Å²) in [5.41, 5.74) is 2.56. The summed E-state index contributed by atoms with van der Waals surface area (Å²) in [5, 5.41) is 4.46. The van der Waals surface area contributed by atoms with Crippen LogP contribution in [0.3, 0.4) is 0 Å². The van der Waals surface area contributed by atoms with Crippen LogP contribution in [-0.2, 0) is 20.7 Å². The average molecular weight is 420 g/mol. The van der Waals surface area contributed by atoms with Crippen molar-refractivity contribution < 1.29 is 18.8 Å². The lowest BCUT2D eigenvalue weighted by Crippen LogP contribution is -2.51. The van der Waals surface area contributed by atoms with E-state index in [9.17, 15) is 9.59 Å². The van der Waals surface area contributed by atoms with Crippen LogP contribution in [-0.4, -0.2) is 60.1 Å². The molecule has 29 heavy (non-hydrogen) atoms. The first-order valence-corrected chi connectivity index (χ1v) is 10.1. The van der Waals surface area contributed by atoms with E-state index in [1.807, 2.05) is 41.8 Å². The molecular weight excluding hydrogens is 394 g/mol. The Morgan fingerprint density at radius 3 is 2.48 bits per heavy atom. The van der Waals surface area contributed by atoms with Gasteiger partial charge in [0.2, 0.25) is 5.91 Å². The monoisotopic (exact) mass is 419 g/mol. The second-order valence-corrected chi connectivity index (χ2v) is 7.57. The predicted molar refractivity (Wildman–Crippen MR) is 109 cm³/mol. The number of esters is 1. The Labute approximate surface area is 175 Å². The van der Waals surface area contributed by atoms with Gasteiger partial charge in [-0.1, -0.05) is 35.0 Å². The number of piperazine rings is 1. The fourth-order valence-electron chi connectivity index (χ4n) is 3.76. The summed E-state index contributed by atoms with van der Waals surface area (Å²) in [6.45, 7) is 6.00. The molecule has 1 atom stereocenters. The Hall–Kier alpha value is -2.38. The Morgan fingerprint density at radius 1 is 1.21 bits per heavy atom. The summed E-state index contributed by atoms with van der Waals surface area (Å²) in [6.07, 6.45) is 1.03. The van der Waals surface area contributed by atoms with E-state index in [0.717, 1.165) is 22.6 Å². The van der Waals surface area contributed by atoms with Gasteiger partial charge in [0.05, 0.1) is 12.8 Å². The van der Waals surface area contributed by atoms with Gasteiger partial charge in [0, 0.05) is 43.2 Å². The van der Waals surface area contributed by atoms with Gasteiger partial charge in [0.25, 0.3) is 0 Å². The number of aromatic nitrogens is 1. The molecule has 0 N–H and O–H groups in total. The summed E-state index contributed by atoms with van der Waals surface area (Å²) < 4.78 is 10.2. The van der Waals surface area contributed by atoms with E-state index in [2.05, 4.69) is 5.16 Å². The van der Waals surface area contributed by atoms with Gasteiger partial charge in [0.15, 0.2) is 0 Å². The minimum atomic E-state index is -0.576. The molecule has 3 rings (SSSR count). The molecule has 156 valence electrons. The molecule has 2 heterocycles. The van der Waals surface area contributed by atoms with Crippen LogP contribution in [0.1, 0.15) is 35.0 Å². The van der Waals surface area contributed by atoms with Gasteiger partial charge in [-0.3, -0.25) is 9.69 Å². The van der Waals surface area contributed by atoms with Crippen LogP contribution in [0.2, 0.25) is 5.02 Å². The second kappa shape index (κ2) is 9.41. The van der Waals surface area contributed by atoms with Gasteiger partial charge in [-0.15, -0.1) is 0 Å². The molecular formula is C21H26ClN3O4. The summed E-state index contributed by atoms with van der Waals surface area (Å²) in [5.74, 6) is 0.508. The summed E-state index contributed by atoms with van der Waals surface area (Å²) in [6, 6.07) is 6.71. The van der Waals surface area contributed by atoms with E-state index in [4.69, 9.17) is 20.9 Å². The normalized spacial score (nSPS) is 15.9. The lowest BCUT2D eigenvalue weighted by molar-refractivity contribution is -0.148. The highest BCUT2D eigenvalue weighted by Crippen LogP contribution is 2.29. The Kier molecular flexibility index (Phi) is 6.92. The molecule has 0 radical (unpaired) electrons. The SMILES string of the molecule is COC(=O)C(c1ccccc1Cl)N1CCN(C(=O)CCc2c(C)noc2C)CC1. The summed E-state index contributed by atoms with van der Waals surface area (Å²) in [4.78, 5) is 29.0. The first-order valence-electron chi connectivity index (χ1n) is 9.68. The third kappa shape index (κ3) is 4.79. The lowest BCUT2D eigenvalue weighted by Gasteiger charge is -2.38. The number of carbonyl (C=O) groups is 2. The standard InChI is InChI=1S/C21H26ClN3O4/c1-14-16(15(2)29-23-14)8-9-19(26)24-10-12-25(13-11-24)20(21(27)28-3)17-6-4-5-7-18(17)22/h4-7,20H,8-13H2,1-3H3. The summed E-state index contributed by atoms with van der Waals surface area (Å²) >= 11 is 6.32. The van der Waals surface area contributed by atoms with Crippen LogP contribution in [0.25, 0.3) is 0 Å². The zero-order valence-electron chi connectivity index (χ0n) is 17.0. The molecule has 0 bridgehead atoms. The number of benzene rings is 1. The van der Waals surface area contributed by atoms with E-state index < -0.39 is 6.04 Å². The smallest absolute Gasteiger partial charge is 0.327 e. The largest absolute Gasteiger partial charge is 0.468 e. The van der Waals surface area contributed by atoms with E-state index in [0.29, 0.717) is 44.0 Å². The third-order valence-electron chi connectivity index (χ3n) is 5.43. The molecule has 2 aromatic rings. The number of aryl methyl sites for hydroxylation is 2. The van der Waals surface area contributed by atoms with Gasteiger partial charge in [-0.25, -0.2) is 4.79 Å². The zero-order valence-corrected chi connectivity index (χ0v) is 17.7. The topological polar surface area (TPSA) is 75.9 Å². The van der Waals surface area contributed by atoms with Crippen molar-refractivity contribution in [2.75, 3.05) is 33.3 Å². The van der Waals surface area contributed by atoms with Crippen molar-refractivity contribution in [3.63, 3.8) is 0 Å². The van der Waals surface area contributed by atoms with Crippen molar-refractivity contribution >= 4 is 23.5 Å². The lowest BCUT2D eigenvalue weighted by atomic mass is 10.0. The number of carbonyl (C=O) groups excluding carboxylic acids is 2. The Balaban J connectivity index is 1.61. The van der Waals surface area contributed by atoms with Gasteiger partial charge in [-0.2, -0.15) is 0 Å². The number of rotatable bonds is 6. The maximum atomic E-state index is 12.7. The average Bonchev–Trinajstić information content (AvgIpc) is 3.05. The molecule has 1 saturated heterocycles. The molecule has 1 aliphatic heterocycles. The van der Waals surface area contributed by atoms with Crippen molar-refractivity contribution in [2.45, 2.75) is 32.7 Å². The predicted octanol–water partition coefficient (Wildman–Crippen LogP) is 2.94. The molecule has 1 fully saturated rings. The number of ether oxygens (including phenoxy) is 1. The van der Waals surface area contributed by atoms with E-state index in [1.165, 1.54) is 7.11 Å². The van der Waals surface area contributed by atoms with Crippen molar-refractivity contribution in [2.24, 2.45) is 0 Å². The highest BCUT2D eigenvalue weighted by molar-refractivity contribution is 6.31. The van der Waals surface area contributed by atoms with Crippen LogP contribution < -0.4 is 0 Å². The van der Waals surface area contributed by atoms with Crippen LogP contribution >= 0.6 is 11.6 Å². The molecule has 0 spiro atoms. The van der Waals surface area contributed by atoms with Crippen molar-refractivity contribution in [1.29, 1.82) is 0 Å². The first kappa shape index (κ1) is 21.3. The molecule has 1 amide bonds. The molecule has 0 saturated carbocycles. The number of halogens is 1. The Bertz CT molecular complexity index is 855. The van der Waals surface area contributed by atoms with Crippen molar-refractivity contribution in [1.82, 2.24) is 15.0 Å². The third-order valence-corrected chi connectivity index (χ3v) is 5.77. The number of hydrogen-bond donors (Lipinski definition) is 0. The van der Waals surface area contributed by atoms with Gasteiger partial charge in [-0.05, 0) is 31.9 Å². The maximum absolute atomic E-state index is 12.7. The number of nitrogens with zero attached hydrogens (tertiary/aromatic N) is 3. The number of amides is 1. The van der Waals surface area contributed by atoms with E-state index in [1.54, 1.807) is 6.07 Å². The van der Waals surface area contributed by atoms with Crippen molar-refractivity contribution in [3.8, 4) is 0 Å². The first-order chi connectivity index (χ1) is 13.9. The quantitative estimate of drug-likeness (QED) is 0.670. The fourth-order valence-corrected chi connectivity index (χ4v) is 4.00. The second-order valence-electron chi connectivity index (χ2n) is 7.17. The van der Waals surface area contributed by atoms with Gasteiger partial charge < -0.3 is 14.2 Å². The molecule has 8 heteroatoms. The minimum Gasteiger partial charge on any atom is -0.468 e. The molecule has 7 nitrogen and oxygen atoms in total.